The van der Waals surface area contributed by atoms with Crippen LogP contribution < -0.4 is 0 Å². The molecule has 0 N–H and O–H groups in total. The zero-order valence-electron chi connectivity index (χ0n) is 15.3. The van der Waals surface area contributed by atoms with E-state index in [0.29, 0.717) is 18.3 Å². The number of carbonyl (C=O) groups is 1. The van der Waals surface area contributed by atoms with Crippen LogP contribution in [-0.2, 0) is 17.8 Å². The quantitative estimate of drug-likeness (QED) is 0.690. The maximum atomic E-state index is 12.6. The van der Waals surface area contributed by atoms with Gasteiger partial charge in [0.1, 0.15) is 5.82 Å². The topological polar surface area (TPSA) is 51.0 Å². The summed E-state index contributed by atoms with van der Waals surface area (Å²) in [6.45, 7) is 6.94. The lowest BCUT2D eigenvalue weighted by Gasteiger charge is -2.18. The first kappa shape index (κ1) is 17.2. The van der Waals surface area contributed by atoms with Crippen LogP contribution in [0.2, 0.25) is 0 Å². The van der Waals surface area contributed by atoms with Crippen LogP contribution in [0.3, 0.4) is 0 Å². The third kappa shape index (κ3) is 3.38. The number of pyridine rings is 1. The maximum Gasteiger partial charge on any atom is 0.227 e. The van der Waals surface area contributed by atoms with Crippen LogP contribution in [-0.4, -0.2) is 38.4 Å². The van der Waals surface area contributed by atoms with E-state index in [0.717, 1.165) is 48.5 Å². The molecule has 6 heteroatoms. The fourth-order valence-corrected chi connectivity index (χ4v) is 4.40. The molecule has 1 fully saturated rings. The standard InChI is InChI=1S/C20H24N4OS/c1-14(2)11-24-18-10-21-6-3-17(18)22-20(24)16-4-7-23(12-16)19(25)9-15-5-8-26-13-15/h3,5-6,8,10,13-14,16H,4,7,9,11-12H2,1-2H3. The number of hydrogen-bond acceptors (Lipinski definition) is 4. The molecule has 0 radical (unpaired) electrons. The molecule has 3 aromatic heterocycles. The second-order valence-corrected chi connectivity index (χ2v) is 8.25. The summed E-state index contributed by atoms with van der Waals surface area (Å²) in [5, 5.41) is 4.08. The minimum Gasteiger partial charge on any atom is -0.342 e. The SMILES string of the molecule is CC(C)Cn1c(C2CCN(C(=O)Cc3ccsc3)C2)nc2ccncc21. The van der Waals surface area contributed by atoms with Gasteiger partial charge < -0.3 is 9.47 Å². The van der Waals surface area contributed by atoms with Gasteiger partial charge >= 0.3 is 0 Å². The Hall–Kier alpha value is -2.21. The molecule has 1 atom stereocenters. The van der Waals surface area contributed by atoms with E-state index < -0.39 is 0 Å². The second-order valence-electron chi connectivity index (χ2n) is 7.47. The molecule has 4 heterocycles. The van der Waals surface area contributed by atoms with Gasteiger partial charge in [-0.25, -0.2) is 4.98 Å². The lowest BCUT2D eigenvalue weighted by Crippen LogP contribution is -2.30. The molecule has 5 nitrogen and oxygen atoms in total. The van der Waals surface area contributed by atoms with Crippen molar-refractivity contribution < 1.29 is 4.79 Å². The summed E-state index contributed by atoms with van der Waals surface area (Å²) in [6, 6.07) is 4.01. The number of thiophene rings is 1. The van der Waals surface area contributed by atoms with Crippen molar-refractivity contribution in [3.05, 3.63) is 46.7 Å². The number of carbonyl (C=O) groups excluding carboxylic acids is 1. The lowest BCUT2D eigenvalue weighted by atomic mass is 10.1. The average Bonchev–Trinajstić information content (AvgIpc) is 3.34. The van der Waals surface area contributed by atoms with E-state index in [1.54, 1.807) is 17.5 Å². The Kier molecular flexibility index (Phi) is 4.76. The van der Waals surface area contributed by atoms with Gasteiger partial charge in [-0.15, -0.1) is 0 Å². The van der Waals surface area contributed by atoms with E-state index in [1.807, 2.05) is 28.6 Å². The number of imidazole rings is 1. The molecule has 3 aromatic rings. The summed E-state index contributed by atoms with van der Waals surface area (Å²) in [4.78, 5) is 23.8. The first-order chi connectivity index (χ1) is 12.6. The zero-order chi connectivity index (χ0) is 18.1. The smallest absolute Gasteiger partial charge is 0.227 e. The van der Waals surface area contributed by atoms with E-state index in [2.05, 4.69) is 28.8 Å². The van der Waals surface area contributed by atoms with Crippen LogP contribution in [0.5, 0.6) is 0 Å². The monoisotopic (exact) mass is 368 g/mol. The molecule has 136 valence electrons. The van der Waals surface area contributed by atoms with Crippen molar-refractivity contribution in [2.24, 2.45) is 5.92 Å². The van der Waals surface area contributed by atoms with E-state index in [9.17, 15) is 4.79 Å². The van der Waals surface area contributed by atoms with Gasteiger partial charge in [-0.05, 0) is 40.8 Å². The largest absolute Gasteiger partial charge is 0.342 e. The Bertz CT molecular complexity index is 900. The summed E-state index contributed by atoms with van der Waals surface area (Å²) in [7, 11) is 0. The molecule has 1 amide bonds. The minimum atomic E-state index is 0.221. The second kappa shape index (κ2) is 7.19. The van der Waals surface area contributed by atoms with E-state index in [1.165, 1.54) is 0 Å². The molecule has 0 aliphatic carbocycles. The third-order valence-electron chi connectivity index (χ3n) is 4.97. The highest BCUT2D eigenvalue weighted by Crippen LogP contribution is 2.30. The van der Waals surface area contributed by atoms with Crippen molar-refractivity contribution in [1.82, 2.24) is 19.4 Å². The molecule has 0 aromatic carbocycles. The molecule has 4 rings (SSSR count). The van der Waals surface area contributed by atoms with Crippen LogP contribution in [0, 0.1) is 5.92 Å². The third-order valence-corrected chi connectivity index (χ3v) is 5.70. The van der Waals surface area contributed by atoms with Gasteiger partial charge in [-0.3, -0.25) is 9.78 Å². The number of aromatic nitrogens is 3. The van der Waals surface area contributed by atoms with Crippen molar-refractivity contribution in [1.29, 1.82) is 0 Å². The maximum absolute atomic E-state index is 12.6. The molecule has 1 aliphatic heterocycles. The molecule has 0 saturated carbocycles. The summed E-state index contributed by atoms with van der Waals surface area (Å²) >= 11 is 1.64. The van der Waals surface area contributed by atoms with Crippen LogP contribution >= 0.6 is 11.3 Å². The van der Waals surface area contributed by atoms with Crippen LogP contribution in [0.1, 0.15) is 37.6 Å². The van der Waals surface area contributed by atoms with E-state index in [4.69, 9.17) is 4.98 Å². The number of nitrogens with zero attached hydrogens (tertiary/aromatic N) is 4. The Morgan fingerprint density at radius 1 is 1.38 bits per heavy atom. The molecule has 26 heavy (non-hydrogen) atoms. The molecule has 1 saturated heterocycles. The van der Waals surface area contributed by atoms with E-state index in [-0.39, 0.29) is 5.91 Å². The van der Waals surface area contributed by atoms with Crippen molar-refractivity contribution in [2.45, 2.75) is 39.2 Å². The van der Waals surface area contributed by atoms with Gasteiger partial charge in [0, 0.05) is 31.7 Å². The number of hydrogen-bond donors (Lipinski definition) is 0. The van der Waals surface area contributed by atoms with Gasteiger partial charge in [0.25, 0.3) is 0 Å². The molecule has 0 spiro atoms. The molecule has 0 bridgehead atoms. The predicted molar refractivity (Wildman–Crippen MR) is 104 cm³/mol. The van der Waals surface area contributed by atoms with Gasteiger partial charge in [0.2, 0.25) is 5.91 Å². The van der Waals surface area contributed by atoms with Crippen molar-refractivity contribution in [3.63, 3.8) is 0 Å². The lowest BCUT2D eigenvalue weighted by molar-refractivity contribution is -0.129. The van der Waals surface area contributed by atoms with Crippen molar-refractivity contribution >= 4 is 28.3 Å². The Labute approximate surface area is 157 Å². The zero-order valence-corrected chi connectivity index (χ0v) is 16.1. The highest BCUT2D eigenvalue weighted by atomic mass is 32.1. The summed E-state index contributed by atoms with van der Waals surface area (Å²) in [6.07, 6.45) is 5.18. The average molecular weight is 369 g/mol. The van der Waals surface area contributed by atoms with E-state index >= 15 is 0 Å². The summed E-state index contributed by atoms with van der Waals surface area (Å²) in [5.74, 6) is 2.16. The molecular formula is C20H24N4OS. The molecule has 1 unspecified atom stereocenters. The van der Waals surface area contributed by atoms with Gasteiger partial charge in [0.05, 0.1) is 23.7 Å². The van der Waals surface area contributed by atoms with Crippen LogP contribution in [0.15, 0.2) is 35.3 Å². The Morgan fingerprint density at radius 2 is 2.27 bits per heavy atom. The highest BCUT2D eigenvalue weighted by Gasteiger charge is 2.31. The molecular weight excluding hydrogens is 344 g/mol. The highest BCUT2D eigenvalue weighted by molar-refractivity contribution is 7.08. The summed E-state index contributed by atoms with van der Waals surface area (Å²) in [5.41, 5.74) is 3.21. The minimum absolute atomic E-state index is 0.221. The summed E-state index contributed by atoms with van der Waals surface area (Å²) < 4.78 is 2.31. The van der Waals surface area contributed by atoms with Gasteiger partial charge in [0.15, 0.2) is 0 Å². The number of amides is 1. The van der Waals surface area contributed by atoms with Crippen molar-refractivity contribution in [2.75, 3.05) is 13.1 Å². The number of rotatable bonds is 5. The van der Waals surface area contributed by atoms with Gasteiger partial charge in [-0.2, -0.15) is 11.3 Å². The predicted octanol–water partition coefficient (Wildman–Crippen LogP) is 3.71. The Morgan fingerprint density at radius 3 is 3.04 bits per heavy atom. The Balaban J connectivity index is 1.55. The molecule has 1 aliphatic rings. The first-order valence-corrected chi connectivity index (χ1v) is 10.1. The van der Waals surface area contributed by atoms with Crippen LogP contribution in [0.25, 0.3) is 11.0 Å². The number of likely N-dealkylation sites (tertiary alicyclic amines) is 1. The van der Waals surface area contributed by atoms with Crippen LogP contribution in [0.4, 0.5) is 0 Å². The normalized spacial score (nSPS) is 17.5. The first-order valence-electron chi connectivity index (χ1n) is 9.21. The van der Waals surface area contributed by atoms with Gasteiger partial charge in [-0.1, -0.05) is 13.8 Å². The fraction of sp³-hybridized carbons (Fsp3) is 0.450. The fourth-order valence-electron chi connectivity index (χ4n) is 3.73. The van der Waals surface area contributed by atoms with Crippen molar-refractivity contribution in [3.8, 4) is 0 Å². The number of fused-ring (bicyclic) bond motifs is 1.